The van der Waals surface area contributed by atoms with Crippen LogP contribution in [0.15, 0.2) is 95.1 Å². The predicted octanol–water partition coefficient (Wildman–Crippen LogP) is 7.60. The van der Waals surface area contributed by atoms with Gasteiger partial charge in [-0.3, -0.25) is 4.90 Å². The lowest BCUT2D eigenvalue weighted by Gasteiger charge is -2.28. The highest BCUT2D eigenvalue weighted by Gasteiger charge is 2.22. The minimum atomic E-state index is -2.56. The highest BCUT2D eigenvalue weighted by Crippen LogP contribution is 2.27. The normalized spacial score (nSPS) is 15.8. The molecule has 0 N–H and O–H groups in total. The fourth-order valence-electron chi connectivity index (χ4n) is 4.54. The summed E-state index contributed by atoms with van der Waals surface area (Å²) in [6.07, 6.45) is 0.919. The van der Waals surface area contributed by atoms with Crippen LogP contribution in [-0.2, 0) is 6.54 Å². The molecule has 196 valence electrons. The van der Waals surface area contributed by atoms with E-state index in [2.05, 4.69) is 61.9 Å². The number of nitrogens with zero attached hydrogens (tertiary/aromatic N) is 4. The molecule has 0 spiro atoms. The Hall–Kier alpha value is -3.00. The van der Waals surface area contributed by atoms with E-state index in [-0.39, 0.29) is 12.1 Å². The lowest BCUT2D eigenvalue weighted by atomic mass is 10.00. The van der Waals surface area contributed by atoms with E-state index >= 15 is 0 Å². The van der Waals surface area contributed by atoms with Gasteiger partial charge in [-0.15, -0.1) is 0 Å². The van der Waals surface area contributed by atoms with E-state index in [1.54, 1.807) is 0 Å². The SMILES string of the molecule is FC(F)C1=NN=C(c2ccc(CN(SCCN3CC=C(c4ccc(Cl)cc4)CC3)c3ccccc3)cc2)C1. The van der Waals surface area contributed by atoms with Gasteiger partial charge in [0.15, 0.2) is 0 Å². The second-order valence-electron chi connectivity index (χ2n) is 9.30. The van der Waals surface area contributed by atoms with Gasteiger partial charge in [-0.1, -0.05) is 72.3 Å². The Labute approximate surface area is 231 Å². The van der Waals surface area contributed by atoms with Crippen LogP contribution in [0.2, 0.25) is 5.02 Å². The lowest BCUT2D eigenvalue weighted by Crippen LogP contribution is -2.31. The lowest BCUT2D eigenvalue weighted by molar-refractivity contribution is 0.224. The highest BCUT2D eigenvalue weighted by molar-refractivity contribution is 8.00. The van der Waals surface area contributed by atoms with Gasteiger partial charge >= 0.3 is 0 Å². The number of hydrogen-bond acceptors (Lipinski definition) is 5. The maximum Gasteiger partial charge on any atom is 0.278 e. The molecule has 0 saturated carbocycles. The number of para-hydroxylation sites is 1. The fourth-order valence-corrected chi connectivity index (χ4v) is 5.74. The van der Waals surface area contributed by atoms with Crippen molar-refractivity contribution in [2.24, 2.45) is 10.2 Å². The molecule has 0 fully saturated rings. The van der Waals surface area contributed by atoms with Crippen LogP contribution >= 0.6 is 23.5 Å². The Kier molecular flexibility index (Phi) is 8.89. The van der Waals surface area contributed by atoms with Crippen molar-refractivity contribution in [3.05, 3.63) is 107 Å². The smallest absolute Gasteiger partial charge is 0.278 e. The first-order chi connectivity index (χ1) is 18.5. The second kappa shape index (κ2) is 12.7. The maximum atomic E-state index is 12.9. The van der Waals surface area contributed by atoms with Gasteiger partial charge < -0.3 is 4.31 Å². The van der Waals surface area contributed by atoms with Crippen molar-refractivity contribution in [2.45, 2.75) is 25.8 Å². The molecular formula is C30H29ClF2N4S. The molecule has 0 aromatic heterocycles. The number of anilines is 1. The van der Waals surface area contributed by atoms with E-state index < -0.39 is 6.43 Å². The summed E-state index contributed by atoms with van der Waals surface area (Å²) in [5.74, 6) is 0.974. The van der Waals surface area contributed by atoms with Gasteiger partial charge in [0.05, 0.1) is 12.3 Å². The largest absolute Gasteiger partial charge is 0.312 e. The van der Waals surface area contributed by atoms with Crippen molar-refractivity contribution in [1.82, 2.24) is 4.90 Å². The highest BCUT2D eigenvalue weighted by atomic mass is 35.5. The Bertz CT molecular complexity index is 1310. The molecule has 2 aliphatic rings. The summed E-state index contributed by atoms with van der Waals surface area (Å²) in [5.41, 5.74) is 6.21. The zero-order valence-corrected chi connectivity index (χ0v) is 22.5. The maximum absolute atomic E-state index is 12.9. The summed E-state index contributed by atoms with van der Waals surface area (Å²) >= 11 is 7.86. The van der Waals surface area contributed by atoms with Crippen LogP contribution in [0.4, 0.5) is 14.5 Å². The molecule has 0 saturated heterocycles. The second-order valence-corrected chi connectivity index (χ2v) is 10.8. The van der Waals surface area contributed by atoms with E-state index in [1.807, 2.05) is 54.4 Å². The topological polar surface area (TPSA) is 31.2 Å². The Balaban J connectivity index is 1.16. The number of alkyl halides is 2. The molecule has 0 unspecified atom stereocenters. The number of benzene rings is 3. The van der Waals surface area contributed by atoms with Crippen LogP contribution in [0.5, 0.6) is 0 Å². The Morgan fingerprint density at radius 3 is 2.32 bits per heavy atom. The first-order valence-electron chi connectivity index (χ1n) is 12.7. The molecule has 3 aromatic carbocycles. The zero-order valence-electron chi connectivity index (χ0n) is 20.9. The van der Waals surface area contributed by atoms with Crippen molar-refractivity contribution in [3.63, 3.8) is 0 Å². The van der Waals surface area contributed by atoms with Gasteiger partial charge in [-0.2, -0.15) is 10.2 Å². The van der Waals surface area contributed by atoms with Crippen molar-refractivity contribution >= 4 is 46.2 Å². The molecule has 38 heavy (non-hydrogen) atoms. The summed E-state index contributed by atoms with van der Waals surface area (Å²) in [5, 5.41) is 8.35. The molecule has 0 aliphatic carbocycles. The molecule has 4 nitrogen and oxygen atoms in total. The first-order valence-corrected chi connectivity index (χ1v) is 14.0. The summed E-state index contributed by atoms with van der Waals surface area (Å²) < 4.78 is 28.1. The predicted molar refractivity (Wildman–Crippen MR) is 157 cm³/mol. The molecule has 0 bridgehead atoms. The summed E-state index contributed by atoms with van der Waals surface area (Å²) in [4.78, 5) is 2.49. The van der Waals surface area contributed by atoms with Gasteiger partial charge in [0.1, 0.15) is 5.71 Å². The minimum Gasteiger partial charge on any atom is -0.312 e. The van der Waals surface area contributed by atoms with Crippen LogP contribution in [0, 0.1) is 0 Å². The average molecular weight is 551 g/mol. The van der Waals surface area contributed by atoms with Crippen LogP contribution in [0.1, 0.15) is 29.5 Å². The van der Waals surface area contributed by atoms with Crippen LogP contribution in [0.3, 0.4) is 0 Å². The molecule has 2 aliphatic heterocycles. The summed E-state index contributed by atoms with van der Waals surface area (Å²) in [7, 11) is 0. The van der Waals surface area contributed by atoms with Gasteiger partial charge in [0.2, 0.25) is 0 Å². The molecule has 0 radical (unpaired) electrons. The number of halogens is 3. The van der Waals surface area contributed by atoms with E-state index in [0.717, 1.165) is 60.2 Å². The Morgan fingerprint density at radius 1 is 0.921 bits per heavy atom. The third kappa shape index (κ3) is 6.90. The van der Waals surface area contributed by atoms with E-state index in [1.165, 1.54) is 11.1 Å². The van der Waals surface area contributed by atoms with Crippen LogP contribution < -0.4 is 4.31 Å². The molecular weight excluding hydrogens is 522 g/mol. The molecule has 8 heteroatoms. The van der Waals surface area contributed by atoms with E-state index in [4.69, 9.17) is 11.6 Å². The van der Waals surface area contributed by atoms with Crippen LogP contribution in [-0.4, -0.2) is 48.1 Å². The summed E-state index contributed by atoms with van der Waals surface area (Å²) in [6, 6.07) is 26.5. The van der Waals surface area contributed by atoms with Gasteiger partial charge in [-0.25, -0.2) is 8.78 Å². The standard InChI is InChI=1S/C30H29ClF2N4S/c31-26-12-10-23(11-13-26)24-14-16-36(17-15-24)18-19-38-37(27-4-2-1-3-5-27)21-22-6-8-25(9-7-22)28-20-29(30(32)33)35-34-28/h1-14,30H,15-21H2. The van der Waals surface area contributed by atoms with Gasteiger partial charge in [0.25, 0.3) is 6.43 Å². The average Bonchev–Trinajstić information content (AvgIpc) is 3.45. The minimum absolute atomic E-state index is 0.107. The van der Waals surface area contributed by atoms with E-state index in [9.17, 15) is 8.78 Å². The molecule has 5 rings (SSSR count). The monoisotopic (exact) mass is 550 g/mol. The van der Waals surface area contributed by atoms with E-state index in [0.29, 0.717) is 5.71 Å². The zero-order chi connectivity index (χ0) is 26.3. The van der Waals surface area contributed by atoms with Crippen molar-refractivity contribution in [1.29, 1.82) is 0 Å². The third-order valence-corrected chi connectivity index (χ3v) is 7.99. The molecule has 0 amide bonds. The van der Waals surface area contributed by atoms with Crippen molar-refractivity contribution < 1.29 is 8.78 Å². The fraction of sp³-hybridized carbons (Fsp3) is 0.267. The molecule has 3 aromatic rings. The quantitative estimate of drug-likeness (QED) is 0.244. The number of rotatable bonds is 10. The van der Waals surface area contributed by atoms with Crippen molar-refractivity contribution in [3.8, 4) is 0 Å². The molecule has 0 atom stereocenters. The Morgan fingerprint density at radius 2 is 1.66 bits per heavy atom. The molecule has 2 heterocycles. The van der Waals surface area contributed by atoms with Gasteiger partial charge in [-0.05, 0) is 64.9 Å². The van der Waals surface area contributed by atoms with Crippen molar-refractivity contribution in [2.75, 3.05) is 29.7 Å². The number of hydrogen-bond donors (Lipinski definition) is 0. The first kappa shape index (κ1) is 26.6. The third-order valence-electron chi connectivity index (χ3n) is 6.72. The van der Waals surface area contributed by atoms with Crippen LogP contribution in [0.25, 0.3) is 5.57 Å². The summed E-state index contributed by atoms with van der Waals surface area (Å²) in [6.45, 7) is 3.74. The van der Waals surface area contributed by atoms with Gasteiger partial charge in [0, 0.05) is 42.5 Å².